The Labute approximate surface area is 210 Å². The molecule has 2 aliphatic rings. The van der Waals surface area contributed by atoms with Gasteiger partial charge in [-0.25, -0.2) is 17.2 Å². The first-order valence-electron chi connectivity index (χ1n) is 11.8. The fourth-order valence-electron chi connectivity index (χ4n) is 5.68. The lowest BCUT2D eigenvalue weighted by atomic mass is 9.56. The maximum Gasteiger partial charge on any atom is 0.316 e. The summed E-state index contributed by atoms with van der Waals surface area (Å²) in [4.78, 5) is 12.6. The predicted molar refractivity (Wildman–Crippen MR) is 128 cm³/mol. The molecule has 2 aromatic carbocycles. The SMILES string of the molecule is COCC1(O)CC(C(=O)OC)(c2cc(F)c(CN3C(C)CCC(c4ccccc4)S3(=O)=O)cc2F)C1. The van der Waals surface area contributed by atoms with Gasteiger partial charge in [0.25, 0.3) is 0 Å². The van der Waals surface area contributed by atoms with Crippen LogP contribution in [0.25, 0.3) is 0 Å². The summed E-state index contributed by atoms with van der Waals surface area (Å²) < 4.78 is 68.8. The molecule has 2 atom stereocenters. The number of esters is 1. The van der Waals surface area contributed by atoms with E-state index in [1.807, 2.05) is 0 Å². The van der Waals surface area contributed by atoms with E-state index in [2.05, 4.69) is 0 Å². The van der Waals surface area contributed by atoms with Crippen LogP contribution in [0.3, 0.4) is 0 Å². The number of benzene rings is 2. The number of sulfonamides is 1. The lowest BCUT2D eigenvalue weighted by Gasteiger charge is -2.51. The molecule has 196 valence electrons. The van der Waals surface area contributed by atoms with Gasteiger partial charge < -0.3 is 14.6 Å². The molecule has 0 spiro atoms. The van der Waals surface area contributed by atoms with E-state index in [1.54, 1.807) is 37.3 Å². The van der Waals surface area contributed by atoms with Crippen molar-refractivity contribution in [3.05, 3.63) is 70.8 Å². The van der Waals surface area contributed by atoms with Gasteiger partial charge in [-0.15, -0.1) is 0 Å². The first-order chi connectivity index (χ1) is 17.0. The Bertz CT molecular complexity index is 1230. The molecule has 0 aromatic heterocycles. The Morgan fingerprint density at radius 1 is 1.11 bits per heavy atom. The van der Waals surface area contributed by atoms with Gasteiger partial charge >= 0.3 is 5.97 Å². The number of halogens is 2. The molecule has 7 nitrogen and oxygen atoms in total. The van der Waals surface area contributed by atoms with Crippen molar-refractivity contribution in [2.24, 2.45) is 0 Å². The fourth-order valence-corrected chi connectivity index (χ4v) is 7.87. The highest BCUT2D eigenvalue weighted by molar-refractivity contribution is 7.89. The molecule has 1 aliphatic carbocycles. The number of rotatable bonds is 7. The highest BCUT2D eigenvalue weighted by Gasteiger charge is 2.61. The second-order valence-electron chi connectivity index (χ2n) is 9.92. The first-order valence-corrected chi connectivity index (χ1v) is 13.3. The lowest BCUT2D eigenvalue weighted by molar-refractivity contribution is -0.176. The van der Waals surface area contributed by atoms with Crippen molar-refractivity contribution >= 4 is 16.0 Å². The maximum absolute atomic E-state index is 15.4. The van der Waals surface area contributed by atoms with E-state index in [1.165, 1.54) is 11.4 Å². The zero-order chi connectivity index (χ0) is 26.3. The van der Waals surface area contributed by atoms with E-state index in [0.29, 0.717) is 18.4 Å². The molecule has 2 fully saturated rings. The molecular weight excluding hydrogens is 492 g/mol. The Morgan fingerprint density at radius 3 is 2.39 bits per heavy atom. The van der Waals surface area contributed by atoms with Gasteiger partial charge in [0.2, 0.25) is 10.0 Å². The standard InChI is InChI=1S/C26H31F2NO6S/c1-17-9-10-23(18-7-5-4-6-8-18)36(32,33)29(17)13-19-11-22(28)20(12-21(19)27)26(24(30)35-3)14-25(31,15-26)16-34-2/h4-8,11-12,17,23,31H,9-10,13-16H2,1-3H3. The minimum Gasteiger partial charge on any atom is -0.468 e. The molecule has 4 rings (SSSR count). The number of carbonyl (C=O) groups excluding carboxylic acids is 1. The van der Waals surface area contributed by atoms with Gasteiger partial charge in [0.05, 0.1) is 19.3 Å². The molecule has 10 heteroatoms. The van der Waals surface area contributed by atoms with Crippen molar-refractivity contribution in [2.75, 3.05) is 20.8 Å². The number of hydrogen-bond acceptors (Lipinski definition) is 6. The van der Waals surface area contributed by atoms with Crippen LogP contribution in [0, 0.1) is 11.6 Å². The van der Waals surface area contributed by atoms with Gasteiger partial charge in [0, 0.05) is 30.8 Å². The number of aliphatic hydroxyl groups is 1. The molecule has 1 aliphatic heterocycles. The van der Waals surface area contributed by atoms with Crippen molar-refractivity contribution in [1.82, 2.24) is 4.31 Å². The quantitative estimate of drug-likeness (QED) is 0.558. The Balaban J connectivity index is 1.65. The van der Waals surface area contributed by atoms with E-state index in [9.17, 15) is 18.3 Å². The second-order valence-corrected chi connectivity index (χ2v) is 12.0. The Kier molecular flexibility index (Phi) is 7.27. The molecule has 2 aromatic rings. The summed E-state index contributed by atoms with van der Waals surface area (Å²) in [6, 6.07) is 10.3. The van der Waals surface area contributed by atoms with E-state index < -0.39 is 49.9 Å². The summed E-state index contributed by atoms with van der Waals surface area (Å²) in [5.74, 6) is -2.48. The van der Waals surface area contributed by atoms with Crippen molar-refractivity contribution in [3.8, 4) is 0 Å². The molecule has 0 radical (unpaired) electrons. The van der Waals surface area contributed by atoms with Crippen LogP contribution in [0.5, 0.6) is 0 Å². The predicted octanol–water partition coefficient (Wildman–Crippen LogP) is 3.60. The number of ether oxygens (including phenoxy) is 2. The Morgan fingerprint density at radius 2 is 1.78 bits per heavy atom. The molecule has 0 bridgehead atoms. The smallest absolute Gasteiger partial charge is 0.316 e. The van der Waals surface area contributed by atoms with Crippen LogP contribution in [0.1, 0.15) is 54.5 Å². The maximum atomic E-state index is 15.4. The second kappa shape index (κ2) is 9.81. The number of hydrogen-bond donors (Lipinski definition) is 1. The third kappa shape index (κ3) is 4.55. The van der Waals surface area contributed by atoms with Crippen molar-refractivity contribution in [3.63, 3.8) is 0 Å². The van der Waals surface area contributed by atoms with Gasteiger partial charge in [-0.2, -0.15) is 4.31 Å². The fraction of sp³-hybridized carbons (Fsp3) is 0.500. The molecule has 36 heavy (non-hydrogen) atoms. The molecule has 1 heterocycles. The van der Waals surface area contributed by atoms with Gasteiger partial charge in [0.15, 0.2) is 0 Å². The number of nitrogens with zero attached hydrogens (tertiary/aromatic N) is 1. The van der Waals surface area contributed by atoms with Gasteiger partial charge in [-0.1, -0.05) is 30.3 Å². The summed E-state index contributed by atoms with van der Waals surface area (Å²) in [6.07, 6.45) is 0.634. The van der Waals surface area contributed by atoms with Gasteiger partial charge in [-0.3, -0.25) is 4.79 Å². The van der Waals surface area contributed by atoms with E-state index in [0.717, 1.165) is 19.2 Å². The number of methoxy groups -OCH3 is 2. The monoisotopic (exact) mass is 523 g/mol. The van der Waals surface area contributed by atoms with Crippen LogP contribution in [0.2, 0.25) is 0 Å². The number of carbonyl (C=O) groups is 1. The van der Waals surface area contributed by atoms with Crippen LogP contribution >= 0.6 is 0 Å². The van der Waals surface area contributed by atoms with Crippen LogP contribution < -0.4 is 0 Å². The van der Waals surface area contributed by atoms with Crippen molar-refractivity contribution < 1.29 is 36.6 Å². The minimum absolute atomic E-state index is 0.0682. The molecule has 1 N–H and O–H groups in total. The highest BCUT2D eigenvalue weighted by Crippen LogP contribution is 2.52. The van der Waals surface area contributed by atoms with Crippen molar-refractivity contribution in [2.45, 2.75) is 61.5 Å². The normalized spacial score (nSPS) is 29.9. The third-order valence-electron chi connectivity index (χ3n) is 7.42. The molecule has 1 saturated carbocycles. The van der Waals surface area contributed by atoms with E-state index in [4.69, 9.17) is 9.47 Å². The topological polar surface area (TPSA) is 93.1 Å². The summed E-state index contributed by atoms with van der Waals surface area (Å²) in [6.45, 7) is 1.34. The van der Waals surface area contributed by atoms with Crippen LogP contribution in [0.4, 0.5) is 8.78 Å². The third-order valence-corrected chi connectivity index (χ3v) is 9.79. The highest BCUT2D eigenvalue weighted by atomic mass is 32.2. The largest absolute Gasteiger partial charge is 0.468 e. The summed E-state index contributed by atoms with van der Waals surface area (Å²) in [5, 5.41) is 9.80. The van der Waals surface area contributed by atoms with E-state index >= 15 is 8.78 Å². The molecule has 1 saturated heterocycles. The average Bonchev–Trinajstić information content (AvgIpc) is 2.81. The molecule has 0 amide bonds. The minimum atomic E-state index is -3.84. The first kappa shape index (κ1) is 26.7. The summed E-state index contributed by atoms with van der Waals surface area (Å²) >= 11 is 0. The Hall–Kier alpha value is -2.40. The van der Waals surface area contributed by atoms with Crippen molar-refractivity contribution in [1.29, 1.82) is 0 Å². The van der Waals surface area contributed by atoms with Gasteiger partial charge in [-0.05, 0) is 50.3 Å². The molecular formula is C26H31F2NO6S. The summed E-state index contributed by atoms with van der Waals surface area (Å²) in [5.41, 5.74) is -2.63. The zero-order valence-electron chi connectivity index (χ0n) is 20.5. The summed E-state index contributed by atoms with van der Waals surface area (Å²) in [7, 11) is -1.31. The molecule has 2 unspecified atom stereocenters. The van der Waals surface area contributed by atoms with Crippen LogP contribution in [-0.2, 0) is 36.3 Å². The zero-order valence-corrected chi connectivity index (χ0v) is 21.4. The van der Waals surface area contributed by atoms with Crippen LogP contribution in [0.15, 0.2) is 42.5 Å². The lowest BCUT2D eigenvalue weighted by Crippen LogP contribution is -2.61. The van der Waals surface area contributed by atoms with Gasteiger partial charge in [0.1, 0.15) is 22.3 Å². The average molecular weight is 524 g/mol. The van der Waals surface area contributed by atoms with Crippen LogP contribution in [-0.4, -0.2) is 56.3 Å². The van der Waals surface area contributed by atoms with E-state index in [-0.39, 0.29) is 37.1 Å².